The lowest BCUT2D eigenvalue weighted by Gasteiger charge is -2.45. The van der Waals surface area contributed by atoms with Gasteiger partial charge in [0, 0.05) is 19.1 Å². The Morgan fingerprint density at radius 1 is 1.37 bits per heavy atom. The third kappa shape index (κ3) is 2.86. The van der Waals surface area contributed by atoms with E-state index in [4.69, 9.17) is 4.74 Å². The van der Waals surface area contributed by atoms with E-state index in [-0.39, 0.29) is 0 Å². The second-order valence-electron chi connectivity index (χ2n) is 6.20. The van der Waals surface area contributed by atoms with Gasteiger partial charge >= 0.3 is 0 Å². The lowest BCUT2D eigenvalue weighted by molar-refractivity contribution is 0.207. The van der Waals surface area contributed by atoms with E-state index >= 15 is 0 Å². The van der Waals surface area contributed by atoms with Gasteiger partial charge in [0.2, 0.25) is 0 Å². The van der Waals surface area contributed by atoms with Crippen molar-refractivity contribution in [1.29, 1.82) is 0 Å². The van der Waals surface area contributed by atoms with Crippen LogP contribution in [0.4, 0.5) is 5.69 Å². The number of methoxy groups -OCH3 is 1. The molecule has 0 saturated carbocycles. The predicted molar refractivity (Wildman–Crippen MR) is 81.2 cm³/mol. The number of benzene rings is 1. The smallest absolute Gasteiger partial charge is 0.142 e. The topological polar surface area (TPSA) is 24.5 Å². The van der Waals surface area contributed by atoms with E-state index in [1.807, 2.05) is 0 Å². The summed E-state index contributed by atoms with van der Waals surface area (Å²) in [6.45, 7) is 8.94. The maximum Gasteiger partial charge on any atom is 0.142 e. The summed E-state index contributed by atoms with van der Waals surface area (Å²) < 4.78 is 5.51. The Balaban J connectivity index is 2.26. The van der Waals surface area contributed by atoms with Crippen molar-refractivity contribution < 1.29 is 4.74 Å². The van der Waals surface area contributed by atoms with Crippen molar-refractivity contribution in [2.24, 2.45) is 5.41 Å². The van der Waals surface area contributed by atoms with Crippen molar-refractivity contribution in [3.05, 3.63) is 23.8 Å². The van der Waals surface area contributed by atoms with Crippen LogP contribution in [0.2, 0.25) is 0 Å². The van der Waals surface area contributed by atoms with E-state index in [0.717, 1.165) is 18.8 Å². The summed E-state index contributed by atoms with van der Waals surface area (Å²) in [6, 6.07) is 6.90. The van der Waals surface area contributed by atoms with Crippen LogP contribution in [0.5, 0.6) is 5.75 Å². The number of likely N-dealkylation sites (N-methyl/N-ethyl adjacent to an activating group) is 1. The first-order chi connectivity index (χ1) is 8.97. The Morgan fingerprint density at radius 2 is 2.11 bits per heavy atom. The molecule has 0 radical (unpaired) electrons. The van der Waals surface area contributed by atoms with Crippen molar-refractivity contribution in [1.82, 2.24) is 5.32 Å². The second kappa shape index (κ2) is 5.41. The van der Waals surface area contributed by atoms with Crippen molar-refractivity contribution in [2.75, 3.05) is 32.1 Å². The molecule has 0 amide bonds. The maximum absolute atomic E-state index is 5.51. The van der Waals surface area contributed by atoms with Gasteiger partial charge in [0.1, 0.15) is 5.75 Å². The summed E-state index contributed by atoms with van der Waals surface area (Å²) in [4.78, 5) is 2.44. The molecule has 3 heteroatoms. The Kier molecular flexibility index (Phi) is 4.04. The first-order valence-corrected chi connectivity index (χ1v) is 7.05. The Morgan fingerprint density at radius 3 is 2.74 bits per heavy atom. The monoisotopic (exact) mass is 262 g/mol. The quantitative estimate of drug-likeness (QED) is 0.906. The van der Waals surface area contributed by atoms with Gasteiger partial charge in [-0.1, -0.05) is 19.9 Å². The molecular weight excluding hydrogens is 236 g/mol. The SMILES string of the molecule is CNC1CN(c2cc(C)ccc2OC)CCC1(C)C. The summed E-state index contributed by atoms with van der Waals surface area (Å²) in [5.41, 5.74) is 2.85. The minimum atomic E-state index is 0.350. The van der Waals surface area contributed by atoms with Crippen molar-refractivity contribution in [3.63, 3.8) is 0 Å². The Labute approximate surface area is 116 Å². The minimum absolute atomic E-state index is 0.350. The lowest BCUT2D eigenvalue weighted by Crippen LogP contribution is -2.54. The zero-order chi connectivity index (χ0) is 14.0. The van der Waals surface area contributed by atoms with Crippen LogP contribution in [0.3, 0.4) is 0 Å². The molecule has 1 unspecified atom stereocenters. The number of piperidine rings is 1. The number of rotatable bonds is 3. The van der Waals surface area contributed by atoms with Gasteiger partial charge in [-0.05, 0) is 43.5 Å². The maximum atomic E-state index is 5.51. The Hall–Kier alpha value is -1.22. The highest BCUT2D eigenvalue weighted by molar-refractivity contribution is 5.60. The van der Waals surface area contributed by atoms with Crippen LogP contribution in [0.25, 0.3) is 0 Å². The molecule has 1 saturated heterocycles. The highest BCUT2D eigenvalue weighted by Gasteiger charge is 2.35. The van der Waals surface area contributed by atoms with Crippen LogP contribution >= 0.6 is 0 Å². The molecule has 1 N–H and O–H groups in total. The first-order valence-electron chi connectivity index (χ1n) is 7.05. The normalized spacial score (nSPS) is 22.4. The molecule has 1 heterocycles. The summed E-state index contributed by atoms with van der Waals surface area (Å²) in [7, 11) is 3.81. The summed E-state index contributed by atoms with van der Waals surface area (Å²) in [6.07, 6.45) is 1.19. The molecule has 0 aromatic heterocycles. The number of hydrogen-bond acceptors (Lipinski definition) is 3. The largest absolute Gasteiger partial charge is 0.495 e. The van der Waals surface area contributed by atoms with Crippen molar-refractivity contribution >= 4 is 5.69 Å². The fourth-order valence-electron chi connectivity index (χ4n) is 2.90. The molecule has 0 bridgehead atoms. The van der Waals surface area contributed by atoms with Gasteiger partial charge in [-0.2, -0.15) is 0 Å². The zero-order valence-electron chi connectivity index (χ0n) is 12.8. The standard InChI is InChI=1S/C16H26N2O/c1-12-6-7-14(19-5)13(10-12)18-9-8-16(2,3)15(11-18)17-4/h6-7,10,15,17H,8-9,11H2,1-5H3. The van der Waals surface area contributed by atoms with Crippen molar-refractivity contribution in [2.45, 2.75) is 33.2 Å². The molecule has 1 fully saturated rings. The summed E-state index contributed by atoms with van der Waals surface area (Å²) in [5.74, 6) is 0.972. The van der Waals surface area contributed by atoms with E-state index < -0.39 is 0 Å². The first kappa shape index (κ1) is 14.2. The Bertz CT molecular complexity index is 442. The van der Waals surface area contributed by atoms with Gasteiger partial charge in [-0.3, -0.25) is 0 Å². The number of nitrogens with zero attached hydrogens (tertiary/aromatic N) is 1. The van der Waals surface area contributed by atoms with Crippen LogP contribution < -0.4 is 15.0 Å². The third-order valence-electron chi connectivity index (χ3n) is 4.40. The molecule has 3 nitrogen and oxygen atoms in total. The van der Waals surface area contributed by atoms with Gasteiger partial charge < -0.3 is 15.0 Å². The number of ether oxygens (including phenoxy) is 1. The van der Waals surface area contributed by atoms with E-state index in [1.165, 1.54) is 17.7 Å². The highest BCUT2D eigenvalue weighted by Crippen LogP contribution is 2.36. The molecule has 1 aromatic rings. The number of anilines is 1. The molecule has 19 heavy (non-hydrogen) atoms. The van der Waals surface area contributed by atoms with E-state index in [1.54, 1.807) is 7.11 Å². The average Bonchev–Trinajstić information content (AvgIpc) is 2.38. The zero-order valence-corrected chi connectivity index (χ0v) is 12.8. The van der Waals surface area contributed by atoms with Gasteiger partial charge in [0.05, 0.1) is 12.8 Å². The van der Waals surface area contributed by atoms with Crippen LogP contribution in [0, 0.1) is 12.3 Å². The fourth-order valence-corrected chi connectivity index (χ4v) is 2.90. The minimum Gasteiger partial charge on any atom is -0.495 e. The summed E-state index contributed by atoms with van der Waals surface area (Å²) in [5, 5.41) is 3.46. The van der Waals surface area contributed by atoms with Gasteiger partial charge in [0.25, 0.3) is 0 Å². The van der Waals surface area contributed by atoms with E-state index in [0.29, 0.717) is 11.5 Å². The molecule has 1 atom stereocenters. The van der Waals surface area contributed by atoms with Gasteiger partial charge in [-0.25, -0.2) is 0 Å². The van der Waals surface area contributed by atoms with Gasteiger partial charge in [0.15, 0.2) is 0 Å². The number of aryl methyl sites for hydroxylation is 1. The molecule has 0 aliphatic carbocycles. The number of nitrogens with one attached hydrogen (secondary N) is 1. The lowest BCUT2D eigenvalue weighted by atomic mass is 9.78. The third-order valence-corrected chi connectivity index (χ3v) is 4.40. The molecule has 106 valence electrons. The molecule has 2 rings (SSSR count). The van der Waals surface area contributed by atoms with Crippen LogP contribution in [0.1, 0.15) is 25.8 Å². The van der Waals surface area contributed by atoms with Gasteiger partial charge in [-0.15, -0.1) is 0 Å². The van der Waals surface area contributed by atoms with Crippen molar-refractivity contribution in [3.8, 4) is 5.75 Å². The highest BCUT2D eigenvalue weighted by atomic mass is 16.5. The predicted octanol–water partition coefficient (Wildman–Crippen LogP) is 2.83. The molecule has 1 aliphatic heterocycles. The average molecular weight is 262 g/mol. The van der Waals surface area contributed by atoms with Crippen LogP contribution in [-0.2, 0) is 0 Å². The summed E-state index contributed by atoms with van der Waals surface area (Å²) >= 11 is 0. The molecule has 0 spiro atoms. The fraction of sp³-hybridized carbons (Fsp3) is 0.625. The van der Waals surface area contributed by atoms with E-state index in [9.17, 15) is 0 Å². The van der Waals surface area contributed by atoms with E-state index in [2.05, 4.69) is 56.2 Å². The molecule has 1 aromatic carbocycles. The molecular formula is C16H26N2O. The number of hydrogen-bond donors (Lipinski definition) is 1. The van der Waals surface area contributed by atoms with Crippen LogP contribution in [0.15, 0.2) is 18.2 Å². The molecule has 1 aliphatic rings. The van der Waals surface area contributed by atoms with Crippen LogP contribution in [-0.4, -0.2) is 33.3 Å². The second-order valence-corrected chi connectivity index (χ2v) is 6.20.